The molecule has 23 heavy (non-hydrogen) atoms. The minimum atomic E-state index is -0.282. The van der Waals surface area contributed by atoms with Gasteiger partial charge in [0.15, 0.2) is 18.2 Å². The van der Waals surface area contributed by atoms with E-state index in [4.69, 9.17) is 4.74 Å². The highest BCUT2D eigenvalue weighted by Crippen LogP contribution is 2.28. The summed E-state index contributed by atoms with van der Waals surface area (Å²) in [6.45, 7) is 1.85. The Morgan fingerprint density at radius 1 is 1.30 bits per heavy atom. The quantitative estimate of drug-likeness (QED) is 0.937. The number of nitrogens with one attached hydrogen (secondary N) is 1. The van der Waals surface area contributed by atoms with E-state index in [1.54, 1.807) is 18.3 Å². The Morgan fingerprint density at radius 3 is 2.96 bits per heavy atom. The van der Waals surface area contributed by atoms with Crippen LogP contribution in [0.1, 0.15) is 12.5 Å². The zero-order valence-electron chi connectivity index (χ0n) is 12.8. The van der Waals surface area contributed by atoms with Gasteiger partial charge in [-0.15, -0.1) is 0 Å². The lowest BCUT2D eigenvalue weighted by Crippen LogP contribution is -2.44. The Hall–Kier alpha value is -2.89. The standard InChI is InChI=1S/C17H17N3O3/c1-2-12-6-3-4-7-13(12)19-15(21)10-20-16(22)11-23-14-8-5-9-18-17(14)20/h3-9H,2,10-11H2,1H3,(H,19,21). The maximum Gasteiger partial charge on any atom is 0.266 e. The van der Waals surface area contributed by atoms with Gasteiger partial charge >= 0.3 is 0 Å². The normalized spacial score (nSPS) is 13.3. The van der Waals surface area contributed by atoms with Gasteiger partial charge in [0.2, 0.25) is 5.91 Å². The molecule has 1 aliphatic rings. The lowest BCUT2D eigenvalue weighted by molar-refractivity contribution is -0.123. The maximum atomic E-state index is 12.3. The Labute approximate surface area is 134 Å². The zero-order valence-corrected chi connectivity index (χ0v) is 12.8. The number of hydrogen-bond donors (Lipinski definition) is 1. The second-order valence-corrected chi connectivity index (χ2v) is 5.15. The summed E-state index contributed by atoms with van der Waals surface area (Å²) in [5, 5.41) is 2.86. The van der Waals surface area contributed by atoms with E-state index < -0.39 is 0 Å². The molecule has 1 aromatic carbocycles. The number of amides is 2. The molecule has 6 nitrogen and oxygen atoms in total. The van der Waals surface area contributed by atoms with Gasteiger partial charge in [0.05, 0.1) is 0 Å². The van der Waals surface area contributed by atoms with Crippen LogP contribution in [0.2, 0.25) is 0 Å². The molecule has 0 spiro atoms. The summed E-state index contributed by atoms with van der Waals surface area (Å²) < 4.78 is 5.32. The molecule has 0 radical (unpaired) electrons. The van der Waals surface area contributed by atoms with Crippen molar-refractivity contribution in [1.29, 1.82) is 0 Å². The Bertz CT molecular complexity index is 745. The molecule has 0 saturated heterocycles. The first-order valence-corrected chi connectivity index (χ1v) is 7.45. The van der Waals surface area contributed by atoms with Gasteiger partial charge in [-0.3, -0.25) is 14.5 Å². The molecule has 3 rings (SSSR count). The molecule has 118 valence electrons. The number of pyridine rings is 1. The first-order valence-electron chi connectivity index (χ1n) is 7.45. The number of nitrogens with zero attached hydrogens (tertiary/aromatic N) is 2. The molecule has 0 aliphatic carbocycles. The number of carbonyl (C=O) groups excluding carboxylic acids is 2. The first kappa shape index (κ1) is 15.0. The molecule has 0 atom stereocenters. The number of rotatable bonds is 4. The van der Waals surface area contributed by atoms with Crippen LogP contribution < -0.4 is 15.0 Å². The van der Waals surface area contributed by atoms with Crippen LogP contribution in [-0.4, -0.2) is 29.9 Å². The van der Waals surface area contributed by atoms with Gasteiger partial charge in [0.1, 0.15) is 6.54 Å². The van der Waals surface area contributed by atoms with Gasteiger partial charge in [-0.1, -0.05) is 25.1 Å². The highest BCUT2D eigenvalue weighted by Gasteiger charge is 2.28. The van der Waals surface area contributed by atoms with Crippen LogP contribution in [0.5, 0.6) is 5.75 Å². The smallest absolute Gasteiger partial charge is 0.266 e. The fourth-order valence-corrected chi connectivity index (χ4v) is 2.48. The lowest BCUT2D eigenvalue weighted by atomic mass is 10.1. The van der Waals surface area contributed by atoms with E-state index in [1.165, 1.54) is 4.90 Å². The molecular weight excluding hydrogens is 294 g/mol. The van der Waals surface area contributed by atoms with E-state index in [0.717, 1.165) is 17.7 Å². The number of ether oxygens (including phenoxy) is 1. The van der Waals surface area contributed by atoms with Crippen molar-refractivity contribution in [3.63, 3.8) is 0 Å². The number of para-hydroxylation sites is 1. The first-order chi connectivity index (χ1) is 11.2. The summed E-state index contributed by atoms with van der Waals surface area (Å²) in [6.07, 6.45) is 2.38. The monoisotopic (exact) mass is 311 g/mol. The molecule has 2 aromatic rings. The fraction of sp³-hybridized carbons (Fsp3) is 0.235. The van der Waals surface area contributed by atoms with E-state index in [-0.39, 0.29) is 25.0 Å². The maximum absolute atomic E-state index is 12.3. The van der Waals surface area contributed by atoms with E-state index in [0.29, 0.717) is 11.6 Å². The molecule has 2 heterocycles. The van der Waals surface area contributed by atoms with Gasteiger partial charge in [-0.25, -0.2) is 4.98 Å². The molecule has 0 bridgehead atoms. The summed E-state index contributed by atoms with van der Waals surface area (Å²) in [7, 11) is 0. The van der Waals surface area contributed by atoms with Gasteiger partial charge in [-0.05, 0) is 30.2 Å². The third-order valence-corrected chi connectivity index (χ3v) is 3.63. The molecule has 1 N–H and O–H groups in total. The average Bonchev–Trinajstić information content (AvgIpc) is 2.58. The Kier molecular flexibility index (Phi) is 4.23. The van der Waals surface area contributed by atoms with Crippen molar-refractivity contribution in [2.45, 2.75) is 13.3 Å². The van der Waals surface area contributed by atoms with Gasteiger partial charge < -0.3 is 10.1 Å². The number of anilines is 2. The number of carbonyl (C=O) groups is 2. The summed E-state index contributed by atoms with van der Waals surface area (Å²) in [5.74, 6) is 0.337. The second kappa shape index (κ2) is 6.48. The van der Waals surface area contributed by atoms with E-state index >= 15 is 0 Å². The fourth-order valence-electron chi connectivity index (χ4n) is 2.48. The molecule has 0 saturated carbocycles. The Morgan fingerprint density at radius 2 is 2.13 bits per heavy atom. The SMILES string of the molecule is CCc1ccccc1NC(=O)CN1C(=O)COc2cccnc21. The summed E-state index contributed by atoms with van der Waals surface area (Å²) in [6, 6.07) is 11.1. The van der Waals surface area contributed by atoms with E-state index in [1.807, 2.05) is 31.2 Å². The van der Waals surface area contributed by atoms with Crippen molar-refractivity contribution < 1.29 is 14.3 Å². The third-order valence-electron chi connectivity index (χ3n) is 3.63. The van der Waals surface area contributed by atoms with Gasteiger partial charge in [0, 0.05) is 11.9 Å². The topological polar surface area (TPSA) is 71.5 Å². The van der Waals surface area contributed by atoms with Crippen LogP contribution in [0.15, 0.2) is 42.6 Å². The van der Waals surface area contributed by atoms with Crippen LogP contribution in [0, 0.1) is 0 Å². The number of fused-ring (bicyclic) bond motifs is 1. The molecule has 1 aliphatic heterocycles. The summed E-state index contributed by atoms with van der Waals surface area (Å²) in [4.78, 5) is 29.9. The number of aromatic nitrogens is 1. The predicted molar refractivity (Wildman–Crippen MR) is 86.5 cm³/mol. The third kappa shape index (κ3) is 3.15. The van der Waals surface area contributed by atoms with Crippen LogP contribution >= 0.6 is 0 Å². The van der Waals surface area contributed by atoms with Crippen LogP contribution in [0.4, 0.5) is 11.5 Å². The molecule has 0 fully saturated rings. The molecule has 1 aromatic heterocycles. The molecule has 0 unspecified atom stereocenters. The van der Waals surface area contributed by atoms with Crippen molar-refractivity contribution in [1.82, 2.24) is 4.98 Å². The van der Waals surface area contributed by atoms with Gasteiger partial charge in [0.25, 0.3) is 5.91 Å². The van der Waals surface area contributed by atoms with E-state index in [9.17, 15) is 9.59 Å². The van der Waals surface area contributed by atoms with Crippen LogP contribution in [0.25, 0.3) is 0 Å². The predicted octanol–water partition coefficient (Wildman–Crippen LogP) is 2.01. The van der Waals surface area contributed by atoms with E-state index in [2.05, 4.69) is 10.3 Å². The lowest BCUT2D eigenvalue weighted by Gasteiger charge is -2.27. The van der Waals surface area contributed by atoms with Crippen molar-refractivity contribution in [3.05, 3.63) is 48.2 Å². The Balaban J connectivity index is 1.76. The summed E-state index contributed by atoms with van der Waals surface area (Å²) >= 11 is 0. The minimum Gasteiger partial charge on any atom is -0.480 e. The highest BCUT2D eigenvalue weighted by atomic mass is 16.5. The minimum absolute atomic E-state index is 0.0858. The van der Waals surface area contributed by atoms with Crippen molar-refractivity contribution >= 4 is 23.3 Å². The number of benzene rings is 1. The van der Waals surface area contributed by atoms with Crippen molar-refractivity contribution in [2.24, 2.45) is 0 Å². The molecule has 2 amide bonds. The van der Waals surface area contributed by atoms with Crippen LogP contribution in [-0.2, 0) is 16.0 Å². The molecule has 6 heteroatoms. The van der Waals surface area contributed by atoms with Crippen molar-refractivity contribution in [3.8, 4) is 5.75 Å². The van der Waals surface area contributed by atoms with Crippen LogP contribution in [0.3, 0.4) is 0 Å². The average molecular weight is 311 g/mol. The van der Waals surface area contributed by atoms with Crippen molar-refractivity contribution in [2.75, 3.05) is 23.4 Å². The highest BCUT2D eigenvalue weighted by molar-refractivity contribution is 6.04. The summed E-state index contributed by atoms with van der Waals surface area (Å²) in [5.41, 5.74) is 1.81. The number of aryl methyl sites for hydroxylation is 1. The van der Waals surface area contributed by atoms with Gasteiger partial charge in [-0.2, -0.15) is 0 Å². The largest absolute Gasteiger partial charge is 0.480 e. The zero-order chi connectivity index (χ0) is 16.2. The number of hydrogen-bond acceptors (Lipinski definition) is 4. The second-order valence-electron chi connectivity index (χ2n) is 5.15. The molecular formula is C17H17N3O3.